The van der Waals surface area contributed by atoms with Gasteiger partial charge in [-0.05, 0) is 56.5 Å². The number of ether oxygens (including phenoxy) is 1. The zero-order valence-corrected chi connectivity index (χ0v) is 14.0. The smallest absolute Gasteiger partial charge is 0.167 e. The van der Waals surface area contributed by atoms with Gasteiger partial charge >= 0.3 is 0 Å². The maximum absolute atomic E-state index is 10.9. The number of hydrogen-bond acceptors (Lipinski definition) is 4. The third-order valence-electron chi connectivity index (χ3n) is 4.01. The SMILES string of the molecule is CC(=O)COc1ccc(C(O)[C@H](C)CN2CCCC2)cc1Cl. The van der Waals surface area contributed by atoms with Gasteiger partial charge in [0.05, 0.1) is 11.1 Å². The molecule has 0 radical (unpaired) electrons. The molecule has 1 aliphatic heterocycles. The number of halogens is 1. The lowest BCUT2D eigenvalue weighted by atomic mass is 9.97. The summed E-state index contributed by atoms with van der Waals surface area (Å²) in [5.41, 5.74) is 0.784. The Balaban J connectivity index is 1.98. The van der Waals surface area contributed by atoms with E-state index in [1.165, 1.54) is 19.8 Å². The molecule has 1 aromatic rings. The van der Waals surface area contributed by atoms with Crippen LogP contribution in [0.4, 0.5) is 0 Å². The molecule has 1 unspecified atom stereocenters. The Hall–Kier alpha value is -1.10. The van der Waals surface area contributed by atoms with Crippen LogP contribution in [0, 0.1) is 5.92 Å². The zero-order chi connectivity index (χ0) is 16.1. The monoisotopic (exact) mass is 325 g/mol. The number of hydrogen-bond donors (Lipinski definition) is 1. The molecule has 0 amide bonds. The number of Topliss-reactive ketones (excluding diaryl/α,β-unsaturated/α-hetero) is 1. The van der Waals surface area contributed by atoms with E-state index in [1.807, 2.05) is 6.07 Å². The van der Waals surface area contributed by atoms with Crippen molar-refractivity contribution in [2.24, 2.45) is 5.92 Å². The van der Waals surface area contributed by atoms with Crippen LogP contribution in [-0.2, 0) is 4.79 Å². The molecule has 0 aromatic heterocycles. The summed E-state index contributed by atoms with van der Waals surface area (Å²) in [7, 11) is 0. The predicted molar refractivity (Wildman–Crippen MR) is 87.4 cm³/mol. The average molecular weight is 326 g/mol. The molecule has 1 fully saturated rings. The summed E-state index contributed by atoms with van der Waals surface area (Å²) in [6, 6.07) is 5.25. The summed E-state index contributed by atoms with van der Waals surface area (Å²) in [6.45, 7) is 6.66. The average Bonchev–Trinajstić information content (AvgIpc) is 2.97. The summed E-state index contributed by atoms with van der Waals surface area (Å²) in [5, 5.41) is 10.9. The third-order valence-corrected chi connectivity index (χ3v) is 4.31. The molecule has 1 saturated heterocycles. The molecular formula is C17H24ClNO3. The first-order valence-electron chi connectivity index (χ1n) is 7.79. The Morgan fingerprint density at radius 2 is 2.09 bits per heavy atom. The molecule has 1 aromatic carbocycles. The number of aliphatic hydroxyl groups is 1. The largest absolute Gasteiger partial charge is 0.484 e. The lowest BCUT2D eigenvalue weighted by Gasteiger charge is -2.25. The minimum atomic E-state index is -0.556. The van der Waals surface area contributed by atoms with Gasteiger partial charge in [0, 0.05) is 6.54 Å². The van der Waals surface area contributed by atoms with Crippen molar-refractivity contribution in [3.63, 3.8) is 0 Å². The molecule has 2 rings (SSSR count). The minimum absolute atomic E-state index is 0.00693. The molecule has 1 N–H and O–H groups in total. The second-order valence-electron chi connectivity index (χ2n) is 6.11. The van der Waals surface area contributed by atoms with Gasteiger partial charge in [0.25, 0.3) is 0 Å². The van der Waals surface area contributed by atoms with E-state index in [-0.39, 0.29) is 18.3 Å². The Kier molecular flexibility index (Phi) is 6.24. The normalized spacial score (nSPS) is 18.2. The van der Waals surface area contributed by atoms with Gasteiger partial charge in [-0.25, -0.2) is 0 Å². The van der Waals surface area contributed by atoms with Gasteiger partial charge in [0.1, 0.15) is 12.4 Å². The van der Waals surface area contributed by atoms with Crippen molar-refractivity contribution in [1.82, 2.24) is 4.90 Å². The van der Waals surface area contributed by atoms with Crippen LogP contribution in [0.15, 0.2) is 18.2 Å². The summed E-state index contributed by atoms with van der Waals surface area (Å²) in [4.78, 5) is 13.3. The lowest BCUT2D eigenvalue weighted by molar-refractivity contribution is -0.118. The predicted octanol–water partition coefficient (Wildman–Crippen LogP) is 3.07. The van der Waals surface area contributed by atoms with Crippen LogP contribution in [0.5, 0.6) is 5.75 Å². The van der Waals surface area contributed by atoms with E-state index in [4.69, 9.17) is 16.3 Å². The van der Waals surface area contributed by atoms with E-state index in [2.05, 4.69) is 11.8 Å². The van der Waals surface area contributed by atoms with Gasteiger partial charge < -0.3 is 14.7 Å². The molecular weight excluding hydrogens is 302 g/mol. The van der Waals surface area contributed by atoms with Gasteiger partial charge in [-0.15, -0.1) is 0 Å². The number of nitrogens with zero attached hydrogens (tertiary/aromatic N) is 1. The topological polar surface area (TPSA) is 49.8 Å². The standard InChI is InChI=1S/C17H24ClNO3/c1-12(10-19-7-3-4-8-19)17(21)14-5-6-16(15(18)9-14)22-11-13(2)20/h5-6,9,12,17,21H,3-4,7-8,10-11H2,1-2H3/t12-,17?/m1/s1. The van der Waals surface area contributed by atoms with Gasteiger partial charge in [-0.1, -0.05) is 24.6 Å². The number of aliphatic hydroxyl groups excluding tert-OH is 1. The Bertz CT molecular complexity index is 515. The van der Waals surface area contributed by atoms with Gasteiger partial charge in [-0.2, -0.15) is 0 Å². The van der Waals surface area contributed by atoms with Crippen molar-refractivity contribution in [2.45, 2.75) is 32.8 Å². The molecule has 122 valence electrons. The Morgan fingerprint density at radius 3 is 2.68 bits per heavy atom. The summed E-state index contributed by atoms with van der Waals surface area (Å²) in [6.07, 6.45) is 1.94. The second-order valence-corrected chi connectivity index (χ2v) is 6.52. The molecule has 2 atom stereocenters. The maximum Gasteiger partial charge on any atom is 0.167 e. The number of ketones is 1. The van der Waals surface area contributed by atoms with Crippen LogP contribution in [0.25, 0.3) is 0 Å². The highest BCUT2D eigenvalue weighted by Gasteiger charge is 2.22. The highest BCUT2D eigenvalue weighted by atomic mass is 35.5. The number of benzene rings is 1. The van der Waals surface area contributed by atoms with Gasteiger partial charge in [0.2, 0.25) is 0 Å². The third kappa shape index (κ3) is 4.70. The molecule has 22 heavy (non-hydrogen) atoms. The summed E-state index contributed by atoms with van der Waals surface area (Å²) >= 11 is 6.17. The fourth-order valence-electron chi connectivity index (χ4n) is 2.80. The molecule has 1 aliphatic rings. The van der Waals surface area contributed by atoms with Crippen LogP contribution < -0.4 is 4.74 Å². The first kappa shape index (κ1) is 17.3. The van der Waals surface area contributed by atoms with Gasteiger partial charge in [-0.3, -0.25) is 4.79 Å². The molecule has 1 heterocycles. The van der Waals surface area contributed by atoms with Crippen LogP contribution >= 0.6 is 11.6 Å². The van der Waals surface area contributed by atoms with E-state index in [0.717, 1.165) is 25.2 Å². The molecule has 0 bridgehead atoms. The van der Waals surface area contributed by atoms with Crippen molar-refractivity contribution in [2.75, 3.05) is 26.2 Å². The van der Waals surface area contributed by atoms with E-state index >= 15 is 0 Å². The lowest BCUT2D eigenvalue weighted by Crippen LogP contribution is -2.28. The quantitative estimate of drug-likeness (QED) is 0.837. The maximum atomic E-state index is 10.9. The Labute approximate surface area is 137 Å². The van der Waals surface area contributed by atoms with E-state index < -0.39 is 6.10 Å². The van der Waals surface area contributed by atoms with Crippen LogP contribution in [0.1, 0.15) is 38.4 Å². The van der Waals surface area contributed by atoms with Crippen molar-refractivity contribution < 1.29 is 14.6 Å². The fourth-order valence-corrected chi connectivity index (χ4v) is 3.04. The van der Waals surface area contributed by atoms with E-state index in [0.29, 0.717) is 10.8 Å². The van der Waals surface area contributed by atoms with Crippen LogP contribution in [0.3, 0.4) is 0 Å². The molecule has 0 saturated carbocycles. The highest BCUT2D eigenvalue weighted by molar-refractivity contribution is 6.32. The van der Waals surface area contributed by atoms with Gasteiger partial charge in [0.15, 0.2) is 5.78 Å². The molecule has 0 aliphatic carbocycles. The number of carbonyl (C=O) groups is 1. The first-order valence-corrected chi connectivity index (χ1v) is 8.17. The molecule has 5 heteroatoms. The number of likely N-dealkylation sites (tertiary alicyclic amines) is 1. The zero-order valence-electron chi connectivity index (χ0n) is 13.2. The second kappa shape index (κ2) is 7.95. The first-order chi connectivity index (χ1) is 10.5. The summed E-state index contributed by atoms with van der Waals surface area (Å²) in [5.74, 6) is 0.553. The van der Waals surface area contributed by atoms with Crippen molar-refractivity contribution in [3.8, 4) is 5.75 Å². The number of rotatable bonds is 7. The molecule has 4 nitrogen and oxygen atoms in total. The fraction of sp³-hybridized carbons (Fsp3) is 0.588. The summed E-state index contributed by atoms with van der Waals surface area (Å²) < 4.78 is 5.33. The Morgan fingerprint density at radius 1 is 1.41 bits per heavy atom. The van der Waals surface area contributed by atoms with E-state index in [1.54, 1.807) is 12.1 Å². The van der Waals surface area contributed by atoms with E-state index in [9.17, 15) is 9.90 Å². The van der Waals surface area contributed by atoms with Crippen molar-refractivity contribution in [1.29, 1.82) is 0 Å². The van der Waals surface area contributed by atoms with Crippen LogP contribution in [-0.4, -0.2) is 42.0 Å². The van der Waals surface area contributed by atoms with Crippen molar-refractivity contribution in [3.05, 3.63) is 28.8 Å². The molecule has 0 spiro atoms. The number of carbonyl (C=O) groups excluding carboxylic acids is 1. The highest BCUT2D eigenvalue weighted by Crippen LogP contribution is 2.31. The van der Waals surface area contributed by atoms with Crippen molar-refractivity contribution >= 4 is 17.4 Å². The van der Waals surface area contributed by atoms with Crippen LogP contribution in [0.2, 0.25) is 5.02 Å². The minimum Gasteiger partial charge on any atom is -0.484 e.